The number of nitrogens with one attached hydrogen (secondary N) is 1. The number of aryl methyl sites for hydroxylation is 1. The lowest BCUT2D eigenvalue weighted by atomic mass is 10.2. The van der Waals surface area contributed by atoms with Gasteiger partial charge in [0.2, 0.25) is 0 Å². The summed E-state index contributed by atoms with van der Waals surface area (Å²) in [5, 5.41) is 14.0. The summed E-state index contributed by atoms with van der Waals surface area (Å²) in [4.78, 5) is 9.26. The molecule has 0 spiro atoms. The topological polar surface area (TPSA) is 61.6 Å². The molecule has 2 rings (SSSR count). The molecule has 0 unspecified atom stereocenters. The molecule has 0 amide bonds. The Labute approximate surface area is 104 Å². The highest BCUT2D eigenvalue weighted by Gasteiger charge is 2.00. The minimum absolute atomic E-state index is 0.384. The molecule has 4 nitrogen and oxygen atoms in total. The van der Waals surface area contributed by atoms with E-state index in [0.29, 0.717) is 11.5 Å². The summed E-state index contributed by atoms with van der Waals surface area (Å²) in [6.45, 7) is 2.92. The molecule has 1 N–H and O–H groups in total. The van der Waals surface area contributed by atoms with Crippen molar-refractivity contribution in [3.63, 3.8) is 0 Å². The van der Waals surface area contributed by atoms with Crippen LogP contribution in [0, 0.1) is 18.3 Å². The summed E-state index contributed by atoms with van der Waals surface area (Å²) in [7, 11) is 0. The van der Waals surface area contributed by atoms with Crippen molar-refractivity contribution in [2.75, 3.05) is 11.9 Å². The average Bonchev–Trinajstić information content (AvgIpc) is 2.76. The molecule has 2 heterocycles. The smallest absolute Gasteiger partial charge is 0.145 e. The molecule has 0 radical (unpaired) electrons. The Morgan fingerprint density at radius 1 is 1.47 bits per heavy atom. The SMILES string of the molecule is Cc1ccsc1CCNc1cc(C#N)ncn1. The Kier molecular flexibility index (Phi) is 3.68. The third-order valence-corrected chi connectivity index (χ3v) is 3.49. The summed E-state index contributed by atoms with van der Waals surface area (Å²) in [5.74, 6) is 0.700. The number of aromatic nitrogens is 2. The van der Waals surface area contributed by atoms with E-state index in [1.165, 1.54) is 16.8 Å². The maximum absolute atomic E-state index is 8.71. The van der Waals surface area contributed by atoms with Crippen molar-refractivity contribution in [2.45, 2.75) is 13.3 Å². The predicted molar refractivity (Wildman–Crippen MR) is 68.0 cm³/mol. The summed E-state index contributed by atoms with van der Waals surface area (Å²) in [6.07, 6.45) is 2.37. The van der Waals surface area contributed by atoms with Crippen molar-refractivity contribution >= 4 is 17.2 Å². The number of anilines is 1. The van der Waals surface area contributed by atoms with Crippen LogP contribution in [0.4, 0.5) is 5.82 Å². The van der Waals surface area contributed by atoms with Crippen LogP contribution in [-0.2, 0) is 6.42 Å². The first kappa shape index (κ1) is 11.6. The molecule has 0 fully saturated rings. The fourth-order valence-electron chi connectivity index (χ4n) is 1.48. The summed E-state index contributed by atoms with van der Waals surface area (Å²) in [5.41, 5.74) is 1.71. The largest absolute Gasteiger partial charge is 0.370 e. The van der Waals surface area contributed by atoms with Crippen LogP contribution in [0.25, 0.3) is 0 Å². The molecule has 2 aromatic heterocycles. The van der Waals surface area contributed by atoms with E-state index in [-0.39, 0.29) is 0 Å². The summed E-state index contributed by atoms with van der Waals surface area (Å²) < 4.78 is 0. The Hall–Kier alpha value is -1.93. The van der Waals surface area contributed by atoms with Gasteiger partial charge in [-0.15, -0.1) is 11.3 Å². The second-order valence-electron chi connectivity index (χ2n) is 3.60. The van der Waals surface area contributed by atoms with Gasteiger partial charge in [-0.1, -0.05) is 0 Å². The Morgan fingerprint density at radius 3 is 3.06 bits per heavy atom. The van der Waals surface area contributed by atoms with Crippen molar-refractivity contribution in [3.8, 4) is 6.07 Å². The second kappa shape index (κ2) is 5.41. The van der Waals surface area contributed by atoms with Crippen molar-refractivity contribution in [3.05, 3.63) is 40.0 Å². The molecule has 0 saturated carbocycles. The Bertz CT molecular complexity index is 541. The molecule has 86 valence electrons. The van der Waals surface area contributed by atoms with E-state index in [9.17, 15) is 0 Å². The van der Waals surface area contributed by atoms with Crippen LogP contribution in [0.2, 0.25) is 0 Å². The second-order valence-corrected chi connectivity index (χ2v) is 4.60. The number of hydrogen-bond donors (Lipinski definition) is 1. The van der Waals surface area contributed by atoms with Gasteiger partial charge in [0, 0.05) is 17.5 Å². The summed E-state index contributed by atoms with van der Waals surface area (Å²) >= 11 is 1.77. The van der Waals surface area contributed by atoms with Gasteiger partial charge in [0.15, 0.2) is 0 Å². The zero-order valence-electron chi connectivity index (χ0n) is 9.47. The van der Waals surface area contributed by atoms with Crippen molar-refractivity contribution in [1.82, 2.24) is 9.97 Å². The zero-order valence-corrected chi connectivity index (χ0v) is 10.3. The van der Waals surface area contributed by atoms with Gasteiger partial charge in [-0.2, -0.15) is 5.26 Å². The standard InChI is InChI=1S/C12H12N4S/c1-9-3-5-17-11(9)2-4-14-12-6-10(7-13)15-8-16-12/h3,5-6,8H,2,4H2,1H3,(H,14,15,16). The lowest BCUT2D eigenvalue weighted by Crippen LogP contribution is -2.06. The first-order valence-corrected chi connectivity index (χ1v) is 6.16. The van der Waals surface area contributed by atoms with Crippen LogP contribution in [-0.4, -0.2) is 16.5 Å². The van der Waals surface area contributed by atoms with Gasteiger partial charge in [-0.25, -0.2) is 9.97 Å². The van der Waals surface area contributed by atoms with Crippen LogP contribution in [0.15, 0.2) is 23.8 Å². The molecular weight excluding hydrogens is 232 g/mol. The van der Waals surface area contributed by atoms with Gasteiger partial charge >= 0.3 is 0 Å². The maximum atomic E-state index is 8.71. The molecule has 2 aromatic rings. The Balaban J connectivity index is 1.90. The molecule has 5 heteroatoms. The molecule has 0 bridgehead atoms. The molecule has 0 aliphatic rings. The fraction of sp³-hybridized carbons (Fsp3) is 0.250. The van der Waals surface area contributed by atoms with Crippen molar-refractivity contribution in [1.29, 1.82) is 5.26 Å². The molecule has 0 saturated heterocycles. The highest BCUT2D eigenvalue weighted by molar-refractivity contribution is 7.10. The Morgan fingerprint density at radius 2 is 2.35 bits per heavy atom. The average molecular weight is 244 g/mol. The zero-order chi connectivity index (χ0) is 12.1. The lowest BCUT2D eigenvalue weighted by Gasteiger charge is -2.04. The minimum atomic E-state index is 0.384. The van der Waals surface area contributed by atoms with Crippen LogP contribution in [0.1, 0.15) is 16.1 Å². The van der Waals surface area contributed by atoms with Crippen LogP contribution in [0.5, 0.6) is 0 Å². The number of thiophene rings is 1. The van der Waals surface area contributed by atoms with Crippen molar-refractivity contribution < 1.29 is 0 Å². The summed E-state index contributed by atoms with van der Waals surface area (Å²) in [6, 6.07) is 5.77. The highest BCUT2D eigenvalue weighted by atomic mass is 32.1. The molecule has 0 atom stereocenters. The monoisotopic (exact) mass is 244 g/mol. The number of nitriles is 1. The van der Waals surface area contributed by atoms with E-state index >= 15 is 0 Å². The minimum Gasteiger partial charge on any atom is -0.370 e. The van der Waals surface area contributed by atoms with Crippen LogP contribution >= 0.6 is 11.3 Å². The van der Waals surface area contributed by atoms with Gasteiger partial charge in [0.1, 0.15) is 23.9 Å². The molecule has 17 heavy (non-hydrogen) atoms. The van der Waals surface area contributed by atoms with Crippen molar-refractivity contribution in [2.24, 2.45) is 0 Å². The van der Waals surface area contributed by atoms with Crippen LogP contribution in [0.3, 0.4) is 0 Å². The number of rotatable bonds is 4. The van der Waals surface area contributed by atoms with Gasteiger partial charge in [0.25, 0.3) is 0 Å². The third-order valence-electron chi connectivity index (χ3n) is 2.41. The highest BCUT2D eigenvalue weighted by Crippen LogP contribution is 2.16. The quantitative estimate of drug-likeness (QED) is 0.897. The molecule has 0 aliphatic carbocycles. The first-order chi connectivity index (χ1) is 8.29. The first-order valence-electron chi connectivity index (χ1n) is 5.28. The van der Waals surface area contributed by atoms with Gasteiger partial charge in [-0.05, 0) is 30.4 Å². The van der Waals surface area contributed by atoms with E-state index in [2.05, 4.69) is 33.7 Å². The van der Waals surface area contributed by atoms with E-state index in [1.54, 1.807) is 17.4 Å². The van der Waals surface area contributed by atoms with E-state index in [0.717, 1.165) is 13.0 Å². The maximum Gasteiger partial charge on any atom is 0.145 e. The van der Waals surface area contributed by atoms with E-state index < -0.39 is 0 Å². The molecular formula is C12H12N4S. The van der Waals surface area contributed by atoms with Gasteiger partial charge < -0.3 is 5.32 Å². The van der Waals surface area contributed by atoms with E-state index in [1.807, 2.05) is 6.07 Å². The van der Waals surface area contributed by atoms with Gasteiger partial charge in [-0.3, -0.25) is 0 Å². The predicted octanol–water partition coefficient (Wildman–Crippen LogP) is 2.37. The normalized spacial score (nSPS) is 9.88. The molecule has 0 aliphatic heterocycles. The fourth-order valence-corrected chi connectivity index (χ4v) is 2.39. The van der Waals surface area contributed by atoms with E-state index in [4.69, 9.17) is 5.26 Å². The lowest BCUT2D eigenvalue weighted by molar-refractivity contribution is 1.01. The number of nitrogens with zero attached hydrogens (tertiary/aromatic N) is 3. The third kappa shape index (κ3) is 3.02. The number of hydrogen-bond acceptors (Lipinski definition) is 5. The van der Waals surface area contributed by atoms with Gasteiger partial charge in [0.05, 0.1) is 0 Å². The molecule has 0 aromatic carbocycles. The van der Waals surface area contributed by atoms with Crippen LogP contribution < -0.4 is 5.32 Å².